The quantitative estimate of drug-likeness (QED) is 0.618. The molecule has 1 N–H and O–H groups in total. The van der Waals surface area contributed by atoms with Gasteiger partial charge in [-0.3, -0.25) is 0 Å². The Morgan fingerprint density at radius 3 is 2.71 bits per heavy atom. The molecule has 0 saturated carbocycles. The predicted molar refractivity (Wildman–Crippen MR) is 71.1 cm³/mol. The summed E-state index contributed by atoms with van der Waals surface area (Å²) in [5.41, 5.74) is 1.28. The highest BCUT2D eigenvalue weighted by molar-refractivity contribution is 5.29. The summed E-state index contributed by atoms with van der Waals surface area (Å²) in [5.74, 6) is 11.0. The first-order valence-electron chi connectivity index (χ1n) is 5.66. The van der Waals surface area contributed by atoms with E-state index in [1.165, 1.54) is 5.56 Å². The molecule has 0 unspecified atom stereocenters. The SMILES string of the molecule is C/C=C/[C@@H](O)C#CC#CCCc1ccccc1. The van der Waals surface area contributed by atoms with Crippen molar-refractivity contribution in [1.82, 2.24) is 0 Å². The number of hydrogen-bond donors (Lipinski definition) is 1. The smallest absolute Gasteiger partial charge is 0.134 e. The maximum absolute atomic E-state index is 9.26. The lowest BCUT2D eigenvalue weighted by Crippen LogP contribution is -1.95. The Kier molecular flexibility index (Phi) is 6.34. The van der Waals surface area contributed by atoms with E-state index in [0.717, 1.165) is 12.8 Å². The number of aliphatic hydroxyl groups excluding tert-OH is 1. The van der Waals surface area contributed by atoms with Gasteiger partial charge in [0.1, 0.15) is 6.10 Å². The topological polar surface area (TPSA) is 20.2 Å². The fourth-order valence-corrected chi connectivity index (χ4v) is 1.30. The molecule has 1 atom stereocenters. The van der Waals surface area contributed by atoms with Gasteiger partial charge >= 0.3 is 0 Å². The molecular formula is C16H16O. The van der Waals surface area contributed by atoms with Crippen LogP contribution in [0.1, 0.15) is 18.9 Å². The summed E-state index contributed by atoms with van der Waals surface area (Å²) < 4.78 is 0. The Hall–Kier alpha value is -1.96. The lowest BCUT2D eigenvalue weighted by Gasteiger charge is -1.93. The normalized spacial score (nSPS) is 11.2. The number of aryl methyl sites for hydroxylation is 1. The highest BCUT2D eigenvalue weighted by atomic mass is 16.3. The van der Waals surface area contributed by atoms with Crippen LogP contribution in [0.3, 0.4) is 0 Å². The Morgan fingerprint density at radius 1 is 1.24 bits per heavy atom. The van der Waals surface area contributed by atoms with Crippen molar-refractivity contribution in [3.8, 4) is 23.7 Å². The zero-order valence-electron chi connectivity index (χ0n) is 9.98. The molecule has 0 aromatic heterocycles. The Bertz CT molecular complexity index is 463. The monoisotopic (exact) mass is 224 g/mol. The lowest BCUT2D eigenvalue weighted by atomic mass is 10.1. The van der Waals surface area contributed by atoms with Crippen LogP contribution >= 0.6 is 0 Å². The van der Waals surface area contributed by atoms with Gasteiger partial charge in [-0.15, -0.1) is 0 Å². The summed E-state index contributed by atoms with van der Waals surface area (Å²) in [7, 11) is 0. The third-order valence-corrected chi connectivity index (χ3v) is 2.13. The van der Waals surface area contributed by atoms with Gasteiger partial charge in [-0.2, -0.15) is 0 Å². The third-order valence-electron chi connectivity index (χ3n) is 2.13. The summed E-state index contributed by atoms with van der Waals surface area (Å²) in [4.78, 5) is 0. The first kappa shape index (κ1) is 13.1. The summed E-state index contributed by atoms with van der Waals surface area (Å²) >= 11 is 0. The molecule has 0 amide bonds. The predicted octanol–water partition coefficient (Wildman–Crippen LogP) is 2.56. The summed E-state index contributed by atoms with van der Waals surface area (Å²) in [6.07, 6.45) is 4.41. The number of hydrogen-bond acceptors (Lipinski definition) is 1. The van der Waals surface area contributed by atoms with Crippen molar-refractivity contribution in [2.24, 2.45) is 0 Å². The second-order valence-electron chi connectivity index (χ2n) is 3.53. The van der Waals surface area contributed by atoms with E-state index in [0.29, 0.717) is 0 Å². The Labute approximate surface area is 103 Å². The fourth-order valence-electron chi connectivity index (χ4n) is 1.30. The van der Waals surface area contributed by atoms with E-state index in [-0.39, 0.29) is 0 Å². The van der Waals surface area contributed by atoms with E-state index in [4.69, 9.17) is 0 Å². The van der Waals surface area contributed by atoms with Gasteiger partial charge in [0.05, 0.1) is 0 Å². The summed E-state index contributed by atoms with van der Waals surface area (Å²) in [6.45, 7) is 1.84. The number of benzene rings is 1. The molecule has 0 radical (unpaired) electrons. The molecule has 0 bridgehead atoms. The minimum absolute atomic E-state index is 0.705. The van der Waals surface area contributed by atoms with Crippen LogP contribution in [0.15, 0.2) is 42.5 Å². The van der Waals surface area contributed by atoms with Crippen LogP contribution in [0.25, 0.3) is 0 Å². The van der Waals surface area contributed by atoms with Crippen LogP contribution in [0.5, 0.6) is 0 Å². The van der Waals surface area contributed by atoms with Crippen molar-refractivity contribution in [3.05, 3.63) is 48.0 Å². The highest BCUT2D eigenvalue weighted by Gasteiger charge is 1.88. The molecule has 0 aliphatic heterocycles. The van der Waals surface area contributed by atoms with E-state index < -0.39 is 6.10 Å². The van der Waals surface area contributed by atoms with Crippen LogP contribution in [0.4, 0.5) is 0 Å². The molecule has 0 aliphatic carbocycles. The highest BCUT2D eigenvalue weighted by Crippen LogP contribution is 2.00. The zero-order valence-corrected chi connectivity index (χ0v) is 9.98. The van der Waals surface area contributed by atoms with Gasteiger partial charge in [0.15, 0.2) is 0 Å². The second kappa shape index (κ2) is 8.22. The van der Waals surface area contributed by atoms with E-state index in [9.17, 15) is 5.11 Å². The van der Waals surface area contributed by atoms with Crippen molar-refractivity contribution in [2.45, 2.75) is 25.9 Å². The first-order valence-corrected chi connectivity index (χ1v) is 5.66. The summed E-state index contributed by atoms with van der Waals surface area (Å²) in [5, 5.41) is 9.26. The molecule has 1 nitrogen and oxygen atoms in total. The van der Waals surface area contributed by atoms with Crippen LogP contribution in [0.2, 0.25) is 0 Å². The molecule has 1 aromatic rings. The molecule has 0 spiro atoms. The van der Waals surface area contributed by atoms with Crippen molar-refractivity contribution >= 4 is 0 Å². The average Bonchev–Trinajstić information content (AvgIpc) is 2.35. The third kappa shape index (κ3) is 6.25. The van der Waals surface area contributed by atoms with Gasteiger partial charge in [-0.05, 0) is 36.8 Å². The lowest BCUT2D eigenvalue weighted by molar-refractivity contribution is 0.280. The molecule has 0 fully saturated rings. The van der Waals surface area contributed by atoms with Gasteiger partial charge in [-0.1, -0.05) is 48.2 Å². The molecule has 0 saturated heterocycles. The maximum Gasteiger partial charge on any atom is 0.134 e. The minimum Gasteiger partial charge on any atom is -0.377 e. The van der Waals surface area contributed by atoms with Gasteiger partial charge in [0.25, 0.3) is 0 Å². The molecular weight excluding hydrogens is 208 g/mol. The number of aliphatic hydroxyl groups is 1. The second-order valence-corrected chi connectivity index (χ2v) is 3.53. The summed E-state index contributed by atoms with van der Waals surface area (Å²) in [6, 6.07) is 10.2. The first-order chi connectivity index (χ1) is 8.33. The zero-order chi connectivity index (χ0) is 12.3. The van der Waals surface area contributed by atoms with Gasteiger partial charge < -0.3 is 5.11 Å². The molecule has 17 heavy (non-hydrogen) atoms. The van der Waals surface area contributed by atoms with E-state index >= 15 is 0 Å². The van der Waals surface area contributed by atoms with Crippen molar-refractivity contribution in [1.29, 1.82) is 0 Å². The largest absolute Gasteiger partial charge is 0.377 e. The van der Waals surface area contributed by atoms with Gasteiger partial charge in [0, 0.05) is 6.42 Å². The molecule has 0 aliphatic rings. The average molecular weight is 224 g/mol. The van der Waals surface area contributed by atoms with Gasteiger partial charge in [0.2, 0.25) is 0 Å². The molecule has 1 heteroatoms. The van der Waals surface area contributed by atoms with E-state index in [2.05, 4.69) is 35.8 Å². The van der Waals surface area contributed by atoms with Crippen LogP contribution < -0.4 is 0 Å². The maximum atomic E-state index is 9.26. The number of rotatable bonds is 3. The Morgan fingerprint density at radius 2 is 2.00 bits per heavy atom. The van der Waals surface area contributed by atoms with E-state index in [1.54, 1.807) is 12.2 Å². The molecule has 1 rings (SSSR count). The van der Waals surface area contributed by atoms with Crippen molar-refractivity contribution in [2.75, 3.05) is 0 Å². The van der Waals surface area contributed by atoms with Crippen LogP contribution in [-0.2, 0) is 6.42 Å². The minimum atomic E-state index is -0.705. The standard InChI is InChI=1S/C16H16O/c1-2-10-16(17)14-9-4-3-6-11-15-12-7-5-8-13-15/h2,5,7-8,10,12-13,16-17H,6,11H2,1H3/b10-2+/t16-/m1/s1. The van der Waals surface area contributed by atoms with Crippen molar-refractivity contribution < 1.29 is 5.11 Å². The van der Waals surface area contributed by atoms with Gasteiger partial charge in [-0.25, -0.2) is 0 Å². The Balaban J connectivity index is 2.32. The van der Waals surface area contributed by atoms with E-state index in [1.807, 2.05) is 25.1 Å². The molecule has 86 valence electrons. The number of allylic oxidation sites excluding steroid dienone is 1. The fraction of sp³-hybridized carbons (Fsp3) is 0.250. The molecule has 1 aromatic carbocycles. The van der Waals surface area contributed by atoms with Crippen LogP contribution in [-0.4, -0.2) is 11.2 Å². The molecule has 0 heterocycles. The van der Waals surface area contributed by atoms with Crippen LogP contribution in [0, 0.1) is 23.7 Å². The van der Waals surface area contributed by atoms with Crippen molar-refractivity contribution in [3.63, 3.8) is 0 Å².